The standard InChI is InChI=1S/C23H20F3N3O4S/c1-14(23(24,25)26)33-20-7-6-18(34(2,31)32)11-19(20)22(30)29-12-16-5-4-15(10-17(16)13-29)21-27-8-3-9-28-21/h3-11,14H,12-13H2,1-2H3/t14-/m0/s1. The van der Waals surface area contributed by atoms with E-state index in [2.05, 4.69) is 9.97 Å². The SMILES string of the molecule is C[C@H](Oc1ccc(S(C)(=O)=O)cc1C(=O)N1Cc2ccc(-c3ncccn3)cc2C1)C(F)(F)F. The van der Waals surface area contributed by atoms with E-state index in [1.165, 1.54) is 4.90 Å². The van der Waals surface area contributed by atoms with E-state index in [0.29, 0.717) is 5.82 Å². The Morgan fingerprint density at radius 1 is 1.06 bits per heavy atom. The number of fused-ring (bicyclic) bond motifs is 1. The molecule has 0 bridgehead atoms. The average Bonchev–Trinajstić information content (AvgIpc) is 3.21. The number of hydrogen-bond donors (Lipinski definition) is 0. The summed E-state index contributed by atoms with van der Waals surface area (Å²) in [5, 5.41) is 0. The zero-order valence-corrected chi connectivity index (χ0v) is 19.0. The quantitative estimate of drug-likeness (QED) is 0.535. The number of alkyl halides is 3. The van der Waals surface area contributed by atoms with Gasteiger partial charge in [-0.2, -0.15) is 13.2 Å². The number of nitrogens with zero attached hydrogens (tertiary/aromatic N) is 3. The largest absolute Gasteiger partial charge is 0.480 e. The van der Waals surface area contributed by atoms with Crippen molar-refractivity contribution < 1.29 is 31.1 Å². The van der Waals surface area contributed by atoms with Crippen molar-refractivity contribution in [1.29, 1.82) is 0 Å². The highest BCUT2D eigenvalue weighted by Crippen LogP contribution is 2.33. The Bertz CT molecular complexity index is 1350. The maximum absolute atomic E-state index is 13.3. The molecule has 0 fully saturated rings. The number of sulfone groups is 1. The van der Waals surface area contributed by atoms with Crippen LogP contribution in [0.15, 0.2) is 59.8 Å². The Kier molecular flexibility index (Phi) is 6.07. The van der Waals surface area contributed by atoms with Crippen molar-refractivity contribution in [3.63, 3.8) is 0 Å². The van der Waals surface area contributed by atoms with Crippen LogP contribution in [0.5, 0.6) is 5.75 Å². The molecule has 11 heteroatoms. The van der Waals surface area contributed by atoms with E-state index in [9.17, 15) is 26.4 Å². The molecule has 1 amide bonds. The molecule has 2 aromatic carbocycles. The summed E-state index contributed by atoms with van der Waals surface area (Å²) < 4.78 is 68.3. The van der Waals surface area contributed by atoms with Gasteiger partial charge in [0.25, 0.3) is 5.91 Å². The third-order valence-corrected chi connectivity index (χ3v) is 6.52. The van der Waals surface area contributed by atoms with Gasteiger partial charge >= 0.3 is 6.18 Å². The fourth-order valence-corrected chi connectivity index (χ4v) is 4.21. The number of hydrogen-bond acceptors (Lipinski definition) is 6. The lowest BCUT2D eigenvalue weighted by molar-refractivity contribution is -0.189. The van der Waals surface area contributed by atoms with Crippen molar-refractivity contribution in [2.24, 2.45) is 0 Å². The second-order valence-corrected chi connectivity index (χ2v) is 9.96. The Morgan fingerprint density at radius 3 is 2.38 bits per heavy atom. The molecule has 2 heterocycles. The van der Waals surface area contributed by atoms with Crippen LogP contribution in [0.3, 0.4) is 0 Å². The molecule has 1 aliphatic rings. The first-order chi connectivity index (χ1) is 15.9. The van der Waals surface area contributed by atoms with E-state index in [4.69, 9.17) is 4.74 Å². The van der Waals surface area contributed by atoms with E-state index >= 15 is 0 Å². The molecule has 1 aliphatic heterocycles. The van der Waals surface area contributed by atoms with Crippen molar-refractivity contribution in [2.75, 3.05) is 6.26 Å². The van der Waals surface area contributed by atoms with Crippen LogP contribution in [0.2, 0.25) is 0 Å². The molecular weight excluding hydrogens is 471 g/mol. The monoisotopic (exact) mass is 491 g/mol. The summed E-state index contributed by atoms with van der Waals surface area (Å²) in [6, 6.07) is 10.5. The number of benzene rings is 2. The third kappa shape index (κ3) is 4.89. The molecule has 178 valence electrons. The van der Waals surface area contributed by atoms with E-state index < -0.39 is 28.0 Å². The van der Waals surface area contributed by atoms with Gasteiger partial charge in [0.2, 0.25) is 0 Å². The van der Waals surface area contributed by atoms with E-state index in [1.54, 1.807) is 18.5 Å². The summed E-state index contributed by atoms with van der Waals surface area (Å²) in [5.41, 5.74) is 2.20. The summed E-state index contributed by atoms with van der Waals surface area (Å²) in [6.45, 7) is 1.21. The van der Waals surface area contributed by atoms with Crippen LogP contribution in [0.4, 0.5) is 13.2 Å². The maximum Gasteiger partial charge on any atom is 0.425 e. The molecular formula is C23H20F3N3O4S. The topological polar surface area (TPSA) is 89.5 Å². The van der Waals surface area contributed by atoms with Crippen LogP contribution >= 0.6 is 0 Å². The van der Waals surface area contributed by atoms with Crippen LogP contribution in [0, 0.1) is 0 Å². The van der Waals surface area contributed by atoms with E-state index in [1.807, 2.05) is 18.2 Å². The molecule has 0 spiro atoms. The number of ether oxygens (including phenoxy) is 1. The minimum absolute atomic E-state index is 0.187. The Morgan fingerprint density at radius 2 is 1.74 bits per heavy atom. The van der Waals surface area contributed by atoms with Crippen molar-refractivity contribution in [3.05, 3.63) is 71.5 Å². The van der Waals surface area contributed by atoms with Gasteiger partial charge in [0.05, 0.1) is 10.5 Å². The average molecular weight is 491 g/mol. The highest BCUT2D eigenvalue weighted by Gasteiger charge is 2.39. The van der Waals surface area contributed by atoms with Gasteiger partial charge in [-0.1, -0.05) is 12.1 Å². The number of rotatable bonds is 5. The van der Waals surface area contributed by atoms with Crippen LogP contribution in [-0.4, -0.2) is 47.7 Å². The normalized spacial score (nSPS) is 14.6. The Balaban J connectivity index is 1.65. The van der Waals surface area contributed by atoms with Gasteiger partial charge < -0.3 is 9.64 Å². The van der Waals surface area contributed by atoms with Gasteiger partial charge in [0, 0.05) is 37.3 Å². The highest BCUT2D eigenvalue weighted by atomic mass is 32.2. The van der Waals surface area contributed by atoms with Gasteiger partial charge in [0.15, 0.2) is 21.8 Å². The van der Waals surface area contributed by atoms with E-state index in [0.717, 1.165) is 48.1 Å². The van der Waals surface area contributed by atoms with Crippen molar-refractivity contribution in [1.82, 2.24) is 14.9 Å². The maximum atomic E-state index is 13.3. The molecule has 0 saturated heterocycles. The first kappa shape index (κ1) is 23.7. The molecule has 1 aromatic heterocycles. The molecule has 0 saturated carbocycles. The first-order valence-corrected chi connectivity index (χ1v) is 12.1. The van der Waals surface area contributed by atoms with Crippen LogP contribution in [0.25, 0.3) is 11.4 Å². The smallest absolute Gasteiger partial charge is 0.425 e. The summed E-state index contributed by atoms with van der Waals surface area (Å²) >= 11 is 0. The van der Waals surface area contributed by atoms with E-state index in [-0.39, 0.29) is 29.3 Å². The van der Waals surface area contributed by atoms with Crippen LogP contribution in [-0.2, 0) is 22.9 Å². The van der Waals surface area contributed by atoms with Crippen LogP contribution in [0.1, 0.15) is 28.4 Å². The molecule has 0 unspecified atom stereocenters. The van der Waals surface area contributed by atoms with Crippen molar-refractivity contribution >= 4 is 15.7 Å². The lowest BCUT2D eigenvalue weighted by Gasteiger charge is -2.22. The fourth-order valence-electron chi connectivity index (χ4n) is 3.56. The first-order valence-electron chi connectivity index (χ1n) is 10.2. The lowest BCUT2D eigenvalue weighted by Crippen LogP contribution is -2.32. The Labute approximate surface area is 194 Å². The summed E-state index contributed by atoms with van der Waals surface area (Å²) in [7, 11) is -3.71. The predicted molar refractivity (Wildman–Crippen MR) is 117 cm³/mol. The molecule has 0 N–H and O–H groups in total. The van der Waals surface area contributed by atoms with Crippen molar-refractivity contribution in [2.45, 2.75) is 37.2 Å². The summed E-state index contributed by atoms with van der Waals surface area (Å²) in [4.78, 5) is 23.0. The molecule has 0 aliphatic carbocycles. The second kappa shape index (κ2) is 8.71. The minimum atomic E-state index is -4.66. The number of amides is 1. The van der Waals surface area contributed by atoms with Crippen LogP contribution < -0.4 is 4.74 Å². The fraction of sp³-hybridized carbons (Fsp3) is 0.261. The van der Waals surface area contributed by atoms with Gasteiger partial charge in [-0.15, -0.1) is 0 Å². The zero-order chi connectivity index (χ0) is 24.7. The second-order valence-electron chi connectivity index (χ2n) is 7.95. The molecule has 4 rings (SSSR count). The van der Waals surface area contributed by atoms with Crippen molar-refractivity contribution in [3.8, 4) is 17.1 Å². The number of aromatic nitrogens is 2. The highest BCUT2D eigenvalue weighted by molar-refractivity contribution is 7.90. The van der Waals surface area contributed by atoms with Gasteiger partial charge in [0.1, 0.15) is 5.75 Å². The van der Waals surface area contributed by atoms with Gasteiger partial charge in [-0.25, -0.2) is 18.4 Å². The Hall–Kier alpha value is -3.47. The lowest BCUT2D eigenvalue weighted by atomic mass is 10.1. The molecule has 34 heavy (non-hydrogen) atoms. The summed E-state index contributed by atoms with van der Waals surface area (Å²) in [6.07, 6.45) is -2.66. The number of halogens is 3. The number of carbonyl (C=O) groups is 1. The number of carbonyl (C=O) groups excluding carboxylic acids is 1. The predicted octanol–water partition coefficient (Wildman–Crippen LogP) is 4.03. The molecule has 7 nitrogen and oxygen atoms in total. The molecule has 3 aromatic rings. The molecule has 0 radical (unpaired) electrons. The zero-order valence-electron chi connectivity index (χ0n) is 18.2. The van der Waals surface area contributed by atoms with Gasteiger partial charge in [-0.05, 0) is 48.4 Å². The molecule has 1 atom stereocenters. The minimum Gasteiger partial charge on any atom is -0.480 e. The third-order valence-electron chi connectivity index (χ3n) is 5.41. The summed E-state index contributed by atoms with van der Waals surface area (Å²) in [5.74, 6) is -0.451. The van der Waals surface area contributed by atoms with Gasteiger partial charge in [-0.3, -0.25) is 4.79 Å².